The first-order valence-electron chi connectivity index (χ1n) is 20.3. The van der Waals surface area contributed by atoms with Gasteiger partial charge in [-0.1, -0.05) is 133 Å². The highest BCUT2D eigenvalue weighted by molar-refractivity contribution is 6.31. The predicted molar refractivity (Wildman–Crippen MR) is 219 cm³/mol. The van der Waals surface area contributed by atoms with Crippen molar-refractivity contribution in [2.24, 2.45) is 23.7 Å². The van der Waals surface area contributed by atoms with Crippen LogP contribution < -0.4 is 0 Å². The normalized spacial score (nSPS) is 27.8. The van der Waals surface area contributed by atoms with E-state index in [9.17, 15) is 14.7 Å². The fraction of sp³-hybridized carbons (Fsp3) is 0.280. The molecule has 2 heterocycles. The fourth-order valence-corrected chi connectivity index (χ4v) is 11.3. The van der Waals surface area contributed by atoms with Crippen molar-refractivity contribution in [1.82, 2.24) is 9.80 Å². The van der Waals surface area contributed by atoms with Crippen molar-refractivity contribution < 1.29 is 24.3 Å². The number of piperidine rings is 1. The highest BCUT2D eigenvalue weighted by Gasteiger charge is 2.66. The number of carbonyl (C=O) groups excluding carboxylic acids is 4. The van der Waals surface area contributed by atoms with Crippen LogP contribution >= 0.6 is 0 Å². The van der Waals surface area contributed by atoms with Gasteiger partial charge in [-0.25, -0.2) is 0 Å². The van der Waals surface area contributed by atoms with Crippen LogP contribution in [0, 0.1) is 23.7 Å². The zero-order valence-corrected chi connectivity index (χ0v) is 31.7. The van der Waals surface area contributed by atoms with Gasteiger partial charge in [0.2, 0.25) is 11.8 Å². The molecule has 57 heavy (non-hydrogen) atoms. The number of imide groups is 1. The number of phenolic OH excluding ortho intramolecular Hbond substituents is 1. The Labute approximate surface area is 332 Å². The molecule has 0 aromatic heterocycles. The molecule has 1 N–H and O–H groups in total. The van der Waals surface area contributed by atoms with E-state index in [1.807, 2.05) is 109 Å². The third-order valence-electron chi connectivity index (χ3n) is 13.8. The van der Waals surface area contributed by atoms with E-state index in [0.717, 1.165) is 54.6 Å². The van der Waals surface area contributed by atoms with Crippen LogP contribution in [0.25, 0.3) is 16.3 Å². The number of hydrogen-bond donors (Lipinski definition) is 1. The third-order valence-corrected chi connectivity index (χ3v) is 13.8. The van der Waals surface area contributed by atoms with Crippen LogP contribution in [-0.2, 0) is 31.1 Å². The van der Waals surface area contributed by atoms with Gasteiger partial charge in [-0.3, -0.25) is 29.0 Å². The number of aromatic hydroxyl groups is 1. The molecule has 7 nitrogen and oxygen atoms in total. The van der Waals surface area contributed by atoms with Crippen LogP contribution in [0.2, 0.25) is 0 Å². The molecule has 284 valence electrons. The summed E-state index contributed by atoms with van der Waals surface area (Å²) in [6.45, 7) is 2.42. The average Bonchev–Trinajstić information content (AvgIpc) is 3.51. The van der Waals surface area contributed by atoms with Crippen molar-refractivity contribution in [3.63, 3.8) is 0 Å². The first kappa shape index (κ1) is 35.5. The summed E-state index contributed by atoms with van der Waals surface area (Å²) in [6.07, 6.45) is 5.78. The Morgan fingerprint density at radius 1 is 0.684 bits per heavy atom. The number of allylic oxidation sites excluding steroid dienone is 4. The van der Waals surface area contributed by atoms with Gasteiger partial charge in [0.15, 0.2) is 11.6 Å². The first-order chi connectivity index (χ1) is 27.9. The van der Waals surface area contributed by atoms with Gasteiger partial charge in [-0.05, 0) is 71.4 Å². The molecule has 2 aliphatic heterocycles. The van der Waals surface area contributed by atoms with Gasteiger partial charge in [0, 0.05) is 48.5 Å². The molecule has 0 radical (unpaired) electrons. The minimum Gasteiger partial charge on any atom is -0.507 e. The molecular formula is C50H44N2O5. The summed E-state index contributed by atoms with van der Waals surface area (Å²) in [5.41, 5.74) is 3.48. The minimum atomic E-state index is -1.33. The third kappa shape index (κ3) is 5.50. The molecule has 5 aliphatic rings. The maximum atomic E-state index is 15.4. The van der Waals surface area contributed by atoms with Crippen LogP contribution in [0.4, 0.5) is 0 Å². The number of fused-ring (bicyclic) bond motifs is 5. The zero-order valence-electron chi connectivity index (χ0n) is 31.7. The van der Waals surface area contributed by atoms with E-state index in [0.29, 0.717) is 22.9 Å². The number of nitrogens with zero attached hydrogens (tertiary/aromatic N) is 2. The molecule has 0 spiro atoms. The smallest absolute Gasteiger partial charge is 0.233 e. The summed E-state index contributed by atoms with van der Waals surface area (Å²) in [6, 6.07) is 40.4. The number of amides is 2. The first-order valence-corrected chi connectivity index (χ1v) is 20.3. The maximum absolute atomic E-state index is 15.4. The second kappa shape index (κ2) is 13.9. The van der Waals surface area contributed by atoms with Crippen molar-refractivity contribution in [1.29, 1.82) is 0 Å². The van der Waals surface area contributed by atoms with Gasteiger partial charge in [0.1, 0.15) is 5.75 Å². The lowest BCUT2D eigenvalue weighted by Gasteiger charge is -2.55. The topological polar surface area (TPSA) is 95.0 Å². The van der Waals surface area contributed by atoms with Crippen LogP contribution in [-0.4, -0.2) is 57.4 Å². The largest absolute Gasteiger partial charge is 0.507 e. The van der Waals surface area contributed by atoms with Gasteiger partial charge in [0.25, 0.3) is 0 Å². The Kier molecular flexibility index (Phi) is 8.67. The predicted octanol–water partition coefficient (Wildman–Crippen LogP) is 8.03. The molecule has 5 aromatic rings. The number of phenols is 1. The zero-order chi connectivity index (χ0) is 38.8. The van der Waals surface area contributed by atoms with Crippen molar-refractivity contribution in [2.75, 3.05) is 13.1 Å². The van der Waals surface area contributed by atoms with E-state index in [1.165, 1.54) is 5.56 Å². The van der Waals surface area contributed by atoms with Gasteiger partial charge in [-0.15, -0.1) is 0 Å². The number of hydrogen-bond acceptors (Lipinski definition) is 6. The summed E-state index contributed by atoms with van der Waals surface area (Å²) < 4.78 is 0. The molecule has 6 unspecified atom stereocenters. The summed E-state index contributed by atoms with van der Waals surface area (Å²) in [4.78, 5) is 64.2. The second-order valence-electron chi connectivity index (χ2n) is 16.5. The molecule has 2 amide bonds. The number of carbonyl (C=O) groups is 4. The SMILES string of the molecule is O=C1C(c2ccccc2)=CC(=O)C2(c3ccccc3)C1CC1C(=CCC3C(=O)N(C4CCN(Cc5ccccc5)CC4)C(=O)C31)C2c1ccc(O)c2ccccc12. The Morgan fingerprint density at radius 2 is 1.33 bits per heavy atom. The lowest BCUT2D eigenvalue weighted by Crippen LogP contribution is -2.59. The molecule has 3 fully saturated rings. The number of ketones is 2. The second-order valence-corrected chi connectivity index (χ2v) is 16.5. The van der Waals surface area contributed by atoms with E-state index >= 15 is 9.59 Å². The molecule has 7 heteroatoms. The molecule has 6 atom stereocenters. The van der Waals surface area contributed by atoms with Crippen molar-refractivity contribution >= 4 is 39.7 Å². The van der Waals surface area contributed by atoms with Crippen LogP contribution in [0.15, 0.2) is 145 Å². The summed E-state index contributed by atoms with van der Waals surface area (Å²) >= 11 is 0. The molecule has 2 saturated heterocycles. The highest BCUT2D eigenvalue weighted by atomic mass is 16.3. The van der Waals surface area contributed by atoms with Gasteiger partial charge in [0.05, 0.1) is 17.3 Å². The number of rotatable bonds is 6. The quantitative estimate of drug-likeness (QED) is 0.140. The van der Waals surface area contributed by atoms with Crippen LogP contribution in [0.5, 0.6) is 5.75 Å². The van der Waals surface area contributed by atoms with Crippen LogP contribution in [0.1, 0.15) is 53.9 Å². The summed E-state index contributed by atoms with van der Waals surface area (Å²) in [7, 11) is 0. The van der Waals surface area contributed by atoms with E-state index in [2.05, 4.69) is 23.1 Å². The Balaban J connectivity index is 1.10. The summed E-state index contributed by atoms with van der Waals surface area (Å²) in [5.74, 6) is -3.44. The molecule has 3 aliphatic carbocycles. The fourth-order valence-electron chi connectivity index (χ4n) is 11.3. The van der Waals surface area contributed by atoms with E-state index in [4.69, 9.17) is 0 Å². The molecule has 0 bridgehead atoms. The molecule has 10 rings (SSSR count). The molecule has 5 aromatic carbocycles. The van der Waals surface area contributed by atoms with E-state index in [1.54, 1.807) is 17.0 Å². The molecular weight excluding hydrogens is 709 g/mol. The Morgan fingerprint density at radius 3 is 2.05 bits per heavy atom. The summed E-state index contributed by atoms with van der Waals surface area (Å²) in [5, 5.41) is 12.5. The number of benzene rings is 5. The van der Waals surface area contributed by atoms with Crippen LogP contribution in [0.3, 0.4) is 0 Å². The standard InChI is InChI=1S/C50H44N2O5/c53-43-23-22-37(35-18-10-11-19-36(35)43)46-38-20-21-39-45(49(57)52(48(39)56)34-24-26-51(27-25-34)30-31-12-4-1-5-13-31)41(38)28-42-47(55)40(32-14-6-2-7-15-32)29-44(54)50(42,46)33-16-8-3-9-17-33/h1-20,22-23,29,34,39,41-42,45-46,53H,21,24-28,30H2. The Bertz CT molecular complexity index is 2490. The number of likely N-dealkylation sites (tertiary alicyclic amines) is 2. The van der Waals surface area contributed by atoms with Gasteiger partial charge >= 0.3 is 0 Å². The lowest BCUT2D eigenvalue weighted by atomic mass is 9.44. The van der Waals surface area contributed by atoms with Gasteiger partial charge < -0.3 is 5.11 Å². The minimum absolute atomic E-state index is 0.107. The maximum Gasteiger partial charge on any atom is 0.233 e. The van der Waals surface area contributed by atoms with Crippen molar-refractivity contribution in [3.05, 3.63) is 167 Å². The van der Waals surface area contributed by atoms with Gasteiger partial charge in [-0.2, -0.15) is 0 Å². The van der Waals surface area contributed by atoms with Crippen molar-refractivity contribution in [3.8, 4) is 5.75 Å². The van der Waals surface area contributed by atoms with E-state index in [-0.39, 0.29) is 41.6 Å². The molecule has 1 saturated carbocycles. The average molecular weight is 753 g/mol. The van der Waals surface area contributed by atoms with E-state index < -0.39 is 35.0 Å². The van der Waals surface area contributed by atoms with Crippen molar-refractivity contribution in [2.45, 2.75) is 49.6 Å². The number of Topliss-reactive ketones (excluding diaryl/α,β-unsaturated/α-hetero) is 1. The lowest BCUT2D eigenvalue weighted by molar-refractivity contribution is -0.144. The Hall–Kier alpha value is -5.92. The highest BCUT2D eigenvalue weighted by Crippen LogP contribution is 2.64. The monoisotopic (exact) mass is 752 g/mol.